The van der Waals surface area contributed by atoms with Gasteiger partial charge in [-0.2, -0.15) is 0 Å². The zero-order chi connectivity index (χ0) is 22.2. The summed E-state index contributed by atoms with van der Waals surface area (Å²) in [5.41, 5.74) is 4.03. The van der Waals surface area contributed by atoms with Crippen LogP contribution in [0.15, 0.2) is 65.7 Å². The average Bonchev–Trinajstić information content (AvgIpc) is 3.26. The minimum atomic E-state index is -0.363. The summed E-state index contributed by atoms with van der Waals surface area (Å²) in [5, 5.41) is 7.48. The molecular weight excluding hydrogens is 408 g/mol. The van der Waals surface area contributed by atoms with E-state index in [1.807, 2.05) is 68.6 Å². The number of benzene rings is 2. The molecule has 0 aliphatic rings. The largest absolute Gasteiger partial charge is 0.492 e. The van der Waals surface area contributed by atoms with Crippen molar-refractivity contribution in [1.29, 1.82) is 0 Å². The molecule has 0 bridgehead atoms. The van der Waals surface area contributed by atoms with Crippen molar-refractivity contribution in [2.75, 3.05) is 13.2 Å². The smallest absolute Gasteiger partial charge is 0.267 e. The number of aryl methyl sites for hydroxylation is 3. The summed E-state index contributed by atoms with van der Waals surface area (Å²) >= 11 is 1.49. The maximum absolute atomic E-state index is 12.8. The minimum Gasteiger partial charge on any atom is -0.492 e. The second-order valence-electron chi connectivity index (χ2n) is 7.25. The Morgan fingerprint density at radius 2 is 1.84 bits per heavy atom. The van der Waals surface area contributed by atoms with Crippen molar-refractivity contribution < 1.29 is 14.3 Å². The summed E-state index contributed by atoms with van der Waals surface area (Å²) < 4.78 is 5.72. The molecule has 1 aromatic heterocycles. The average molecular weight is 435 g/mol. The maximum atomic E-state index is 12.8. The molecule has 31 heavy (non-hydrogen) atoms. The van der Waals surface area contributed by atoms with Crippen LogP contribution in [0.4, 0.5) is 0 Å². The molecule has 0 saturated carbocycles. The van der Waals surface area contributed by atoms with Gasteiger partial charge in [0.1, 0.15) is 18.1 Å². The molecule has 0 spiro atoms. The van der Waals surface area contributed by atoms with E-state index in [4.69, 9.17) is 4.74 Å². The fourth-order valence-corrected chi connectivity index (χ4v) is 3.54. The first kappa shape index (κ1) is 22.3. The third-order valence-electron chi connectivity index (χ3n) is 4.74. The van der Waals surface area contributed by atoms with Gasteiger partial charge in [-0.25, -0.2) is 0 Å². The van der Waals surface area contributed by atoms with Crippen LogP contribution in [0.5, 0.6) is 5.75 Å². The summed E-state index contributed by atoms with van der Waals surface area (Å²) in [4.78, 5) is 26.3. The summed E-state index contributed by atoms with van der Waals surface area (Å²) in [6.45, 7) is 6.63. The van der Waals surface area contributed by atoms with Gasteiger partial charge in [-0.3, -0.25) is 9.59 Å². The van der Waals surface area contributed by atoms with Gasteiger partial charge in [0.05, 0.1) is 6.54 Å². The van der Waals surface area contributed by atoms with E-state index in [0.29, 0.717) is 18.7 Å². The van der Waals surface area contributed by atoms with Crippen molar-refractivity contribution in [3.05, 3.63) is 92.8 Å². The number of amides is 2. The van der Waals surface area contributed by atoms with Gasteiger partial charge in [0.25, 0.3) is 11.8 Å². The molecule has 2 aromatic carbocycles. The first-order valence-corrected chi connectivity index (χ1v) is 10.9. The Hall–Kier alpha value is -3.38. The van der Waals surface area contributed by atoms with E-state index in [0.717, 1.165) is 21.8 Å². The number of rotatable bonds is 8. The third-order valence-corrected chi connectivity index (χ3v) is 5.56. The van der Waals surface area contributed by atoms with Crippen molar-refractivity contribution in [2.45, 2.75) is 20.8 Å². The van der Waals surface area contributed by atoms with Crippen LogP contribution >= 0.6 is 11.3 Å². The van der Waals surface area contributed by atoms with E-state index in [1.165, 1.54) is 16.9 Å². The number of thiophene rings is 1. The van der Waals surface area contributed by atoms with Crippen molar-refractivity contribution in [3.8, 4) is 5.75 Å². The molecule has 0 aliphatic heterocycles. The highest BCUT2D eigenvalue weighted by molar-refractivity contribution is 7.10. The van der Waals surface area contributed by atoms with Crippen LogP contribution < -0.4 is 15.4 Å². The van der Waals surface area contributed by atoms with Gasteiger partial charge in [0, 0.05) is 10.4 Å². The van der Waals surface area contributed by atoms with Crippen LogP contribution in [0.2, 0.25) is 0 Å². The molecule has 5 nitrogen and oxygen atoms in total. The van der Waals surface area contributed by atoms with Crippen molar-refractivity contribution in [2.24, 2.45) is 0 Å². The number of hydrogen-bond acceptors (Lipinski definition) is 4. The Kier molecular flexibility index (Phi) is 7.62. The molecule has 1 heterocycles. The van der Waals surface area contributed by atoms with Crippen LogP contribution in [0.3, 0.4) is 0 Å². The standard InChI is InChI=1S/C25H26N2O3S/c1-17-6-4-7-20(14-17)24(28)27-23(16-22-8-5-13-31-22)25(29)26-11-12-30-21-10-9-18(2)19(3)15-21/h4-10,13-16H,11-12H2,1-3H3,(H,26,29)(H,27,28)/b23-16-. The van der Waals surface area contributed by atoms with Gasteiger partial charge in [0.15, 0.2) is 0 Å². The van der Waals surface area contributed by atoms with Crippen LogP contribution in [-0.2, 0) is 4.79 Å². The Morgan fingerprint density at radius 1 is 1.00 bits per heavy atom. The zero-order valence-electron chi connectivity index (χ0n) is 17.9. The van der Waals surface area contributed by atoms with Crippen LogP contribution in [0, 0.1) is 20.8 Å². The Labute approximate surface area is 186 Å². The molecule has 0 atom stereocenters. The molecule has 0 unspecified atom stereocenters. The number of carbonyl (C=O) groups is 2. The minimum absolute atomic E-state index is 0.195. The molecule has 3 rings (SSSR count). The van der Waals surface area contributed by atoms with Crippen molar-refractivity contribution in [1.82, 2.24) is 10.6 Å². The first-order chi connectivity index (χ1) is 14.9. The second-order valence-corrected chi connectivity index (χ2v) is 8.23. The third kappa shape index (κ3) is 6.55. The van der Waals surface area contributed by atoms with Gasteiger partial charge in [0.2, 0.25) is 0 Å². The Morgan fingerprint density at radius 3 is 2.55 bits per heavy atom. The molecule has 160 valence electrons. The molecule has 0 saturated heterocycles. The lowest BCUT2D eigenvalue weighted by atomic mass is 10.1. The van der Waals surface area contributed by atoms with E-state index in [-0.39, 0.29) is 17.5 Å². The number of carbonyl (C=O) groups excluding carboxylic acids is 2. The van der Waals surface area contributed by atoms with Gasteiger partial charge >= 0.3 is 0 Å². The van der Waals surface area contributed by atoms with Crippen LogP contribution in [0.1, 0.15) is 31.9 Å². The predicted molar refractivity (Wildman–Crippen MR) is 125 cm³/mol. The predicted octanol–water partition coefficient (Wildman–Crippen LogP) is 4.64. The first-order valence-electron chi connectivity index (χ1n) is 10.0. The lowest BCUT2D eigenvalue weighted by molar-refractivity contribution is -0.117. The van der Waals surface area contributed by atoms with Crippen LogP contribution in [0.25, 0.3) is 6.08 Å². The van der Waals surface area contributed by atoms with Crippen molar-refractivity contribution >= 4 is 29.2 Å². The van der Waals surface area contributed by atoms with Gasteiger partial charge in [-0.1, -0.05) is 29.8 Å². The maximum Gasteiger partial charge on any atom is 0.267 e. The zero-order valence-corrected chi connectivity index (χ0v) is 18.7. The van der Waals surface area contributed by atoms with E-state index in [2.05, 4.69) is 10.6 Å². The molecule has 6 heteroatoms. The van der Waals surface area contributed by atoms with E-state index in [9.17, 15) is 9.59 Å². The highest BCUT2D eigenvalue weighted by Gasteiger charge is 2.15. The Balaban J connectivity index is 1.62. The molecule has 0 radical (unpaired) electrons. The molecule has 3 aromatic rings. The number of ether oxygens (including phenoxy) is 1. The molecule has 2 N–H and O–H groups in total. The molecular formula is C25H26N2O3S. The monoisotopic (exact) mass is 434 g/mol. The number of nitrogens with one attached hydrogen (secondary N) is 2. The molecule has 2 amide bonds. The fraction of sp³-hybridized carbons (Fsp3) is 0.200. The Bertz CT molecular complexity index is 1090. The van der Waals surface area contributed by atoms with Gasteiger partial charge in [-0.05, 0) is 73.7 Å². The lowest BCUT2D eigenvalue weighted by Gasteiger charge is -2.12. The SMILES string of the molecule is Cc1cccc(C(=O)N/C(=C\c2cccs2)C(=O)NCCOc2ccc(C)c(C)c2)c1. The quantitative estimate of drug-likeness (QED) is 0.401. The topological polar surface area (TPSA) is 67.4 Å². The summed E-state index contributed by atoms with van der Waals surface area (Å²) in [7, 11) is 0. The summed E-state index contributed by atoms with van der Waals surface area (Å²) in [5.74, 6) is 0.0746. The van der Waals surface area contributed by atoms with Crippen LogP contribution in [-0.4, -0.2) is 25.0 Å². The molecule has 0 fully saturated rings. The van der Waals surface area contributed by atoms with Gasteiger partial charge < -0.3 is 15.4 Å². The van der Waals surface area contributed by atoms with E-state index < -0.39 is 0 Å². The second kappa shape index (κ2) is 10.6. The lowest BCUT2D eigenvalue weighted by Crippen LogP contribution is -2.36. The number of hydrogen-bond donors (Lipinski definition) is 2. The summed E-state index contributed by atoms with van der Waals surface area (Å²) in [6, 6.07) is 16.9. The highest BCUT2D eigenvalue weighted by atomic mass is 32.1. The normalized spacial score (nSPS) is 11.1. The van der Waals surface area contributed by atoms with Gasteiger partial charge in [-0.15, -0.1) is 11.3 Å². The molecule has 0 aliphatic carbocycles. The highest BCUT2D eigenvalue weighted by Crippen LogP contribution is 2.16. The van der Waals surface area contributed by atoms with Crippen molar-refractivity contribution in [3.63, 3.8) is 0 Å². The fourth-order valence-electron chi connectivity index (χ4n) is 2.89. The van der Waals surface area contributed by atoms with E-state index in [1.54, 1.807) is 18.2 Å². The summed E-state index contributed by atoms with van der Waals surface area (Å²) in [6.07, 6.45) is 1.68. The van der Waals surface area contributed by atoms with E-state index >= 15 is 0 Å².